The van der Waals surface area contributed by atoms with Gasteiger partial charge in [0.15, 0.2) is 0 Å². The molecule has 1 atom stereocenters. The van der Waals surface area contributed by atoms with E-state index in [0.29, 0.717) is 6.42 Å². The molecular formula is C15H27NO4. The standard InChI is InChI=1S/C15H27NO4/c1-6-7-8-9-10-11-12(13(17)18)16(5)14(19)20-15(2,3)4/h6,12H,1,7-11H2,2-5H3,(H,17,18). The lowest BCUT2D eigenvalue weighted by Gasteiger charge is -2.28. The summed E-state index contributed by atoms with van der Waals surface area (Å²) in [5.74, 6) is -0.998. The van der Waals surface area contributed by atoms with Crippen molar-refractivity contribution >= 4 is 12.1 Å². The maximum atomic E-state index is 11.9. The van der Waals surface area contributed by atoms with E-state index in [1.807, 2.05) is 6.08 Å². The molecule has 0 aliphatic carbocycles. The van der Waals surface area contributed by atoms with Crippen LogP contribution in [0.3, 0.4) is 0 Å². The minimum Gasteiger partial charge on any atom is -0.480 e. The van der Waals surface area contributed by atoms with Gasteiger partial charge in [0.05, 0.1) is 0 Å². The van der Waals surface area contributed by atoms with E-state index in [9.17, 15) is 14.7 Å². The van der Waals surface area contributed by atoms with Crippen molar-refractivity contribution in [1.29, 1.82) is 0 Å². The van der Waals surface area contributed by atoms with E-state index in [1.54, 1.807) is 20.8 Å². The summed E-state index contributed by atoms with van der Waals surface area (Å²) in [4.78, 5) is 24.3. The number of carbonyl (C=O) groups excluding carboxylic acids is 1. The van der Waals surface area contributed by atoms with Gasteiger partial charge in [-0.25, -0.2) is 9.59 Å². The molecule has 1 N–H and O–H groups in total. The Balaban J connectivity index is 4.39. The van der Waals surface area contributed by atoms with Crippen molar-refractivity contribution in [2.45, 2.75) is 64.5 Å². The summed E-state index contributed by atoms with van der Waals surface area (Å²) in [6.07, 6.45) is 5.29. The molecule has 5 nitrogen and oxygen atoms in total. The monoisotopic (exact) mass is 285 g/mol. The van der Waals surface area contributed by atoms with E-state index in [0.717, 1.165) is 25.7 Å². The molecule has 0 saturated heterocycles. The molecule has 20 heavy (non-hydrogen) atoms. The molecule has 1 unspecified atom stereocenters. The van der Waals surface area contributed by atoms with Gasteiger partial charge in [-0.1, -0.05) is 18.9 Å². The number of hydrogen-bond donors (Lipinski definition) is 1. The van der Waals surface area contributed by atoms with Crippen molar-refractivity contribution in [3.8, 4) is 0 Å². The third kappa shape index (κ3) is 7.81. The third-order valence-electron chi connectivity index (χ3n) is 2.82. The summed E-state index contributed by atoms with van der Waals surface area (Å²) in [6, 6.07) is -0.839. The van der Waals surface area contributed by atoms with Gasteiger partial charge >= 0.3 is 12.1 Å². The van der Waals surface area contributed by atoms with Gasteiger partial charge in [0.1, 0.15) is 11.6 Å². The van der Waals surface area contributed by atoms with Crippen LogP contribution in [0.2, 0.25) is 0 Å². The predicted octanol–water partition coefficient (Wildman–Crippen LogP) is 3.44. The number of carbonyl (C=O) groups is 2. The smallest absolute Gasteiger partial charge is 0.410 e. The first-order chi connectivity index (χ1) is 9.19. The van der Waals surface area contributed by atoms with Gasteiger partial charge in [0.2, 0.25) is 0 Å². The molecule has 0 rings (SSSR count). The van der Waals surface area contributed by atoms with Crippen molar-refractivity contribution in [3.05, 3.63) is 12.7 Å². The topological polar surface area (TPSA) is 66.8 Å². The van der Waals surface area contributed by atoms with Crippen LogP contribution in [0.5, 0.6) is 0 Å². The maximum absolute atomic E-state index is 11.9. The number of likely N-dealkylation sites (N-methyl/N-ethyl adjacent to an activating group) is 1. The predicted molar refractivity (Wildman–Crippen MR) is 78.7 cm³/mol. The lowest BCUT2D eigenvalue weighted by Crippen LogP contribution is -2.44. The van der Waals surface area contributed by atoms with Crippen LogP contribution >= 0.6 is 0 Å². The van der Waals surface area contributed by atoms with E-state index in [-0.39, 0.29) is 0 Å². The van der Waals surface area contributed by atoms with Crippen molar-refractivity contribution in [1.82, 2.24) is 4.90 Å². The number of aliphatic carboxylic acids is 1. The summed E-state index contributed by atoms with van der Waals surface area (Å²) >= 11 is 0. The number of carboxylic acid groups (broad SMARTS) is 1. The Hall–Kier alpha value is -1.52. The van der Waals surface area contributed by atoms with E-state index < -0.39 is 23.7 Å². The minimum atomic E-state index is -0.998. The second-order valence-corrected chi connectivity index (χ2v) is 5.87. The average molecular weight is 285 g/mol. The Morgan fingerprint density at radius 3 is 2.35 bits per heavy atom. The fourth-order valence-corrected chi connectivity index (χ4v) is 1.75. The van der Waals surface area contributed by atoms with Gasteiger partial charge in [-0.2, -0.15) is 0 Å². The van der Waals surface area contributed by atoms with Gasteiger partial charge in [0.25, 0.3) is 0 Å². The molecule has 0 heterocycles. The Morgan fingerprint density at radius 2 is 1.90 bits per heavy atom. The van der Waals surface area contributed by atoms with Crippen LogP contribution in [0.4, 0.5) is 4.79 Å². The van der Waals surface area contributed by atoms with Gasteiger partial charge < -0.3 is 9.84 Å². The van der Waals surface area contributed by atoms with Crippen LogP contribution in [-0.2, 0) is 9.53 Å². The number of nitrogens with zero attached hydrogens (tertiary/aromatic N) is 1. The Kier molecular flexibility index (Phi) is 7.96. The zero-order valence-electron chi connectivity index (χ0n) is 13.0. The summed E-state index contributed by atoms with van der Waals surface area (Å²) in [5, 5.41) is 9.23. The number of carboxylic acids is 1. The van der Waals surface area contributed by atoms with Gasteiger partial charge in [-0.15, -0.1) is 6.58 Å². The molecule has 0 bridgehead atoms. The molecule has 0 fully saturated rings. The summed E-state index contributed by atoms with van der Waals surface area (Å²) < 4.78 is 5.19. The van der Waals surface area contributed by atoms with Crippen LogP contribution in [0, 0.1) is 0 Å². The second-order valence-electron chi connectivity index (χ2n) is 5.87. The highest BCUT2D eigenvalue weighted by atomic mass is 16.6. The zero-order chi connectivity index (χ0) is 15.8. The van der Waals surface area contributed by atoms with Gasteiger partial charge in [-0.3, -0.25) is 4.90 Å². The maximum Gasteiger partial charge on any atom is 0.410 e. The average Bonchev–Trinajstić information content (AvgIpc) is 2.30. The highest BCUT2D eigenvalue weighted by Crippen LogP contribution is 2.15. The van der Waals surface area contributed by atoms with E-state index in [1.165, 1.54) is 11.9 Å². The highest BCUT2D eigenvalue weighted by molar-refractivity contribution is 5.79. The first kappa shape index (κ1) is 18.5. The lowest BCUT2D eigenvalue weighted by atomic mass is 10.1. The SMILES string of the molecule is C=CCCCCCC(C(=O)O)N(C)C(=O)OC(C)(C)C. The molecule has 0 saturated carbocycles. The second kappa shape index (κ2) is 8.61. The molecular weight excluding hydrogens is 258 g/mol. The zero-order valence-corrected chi connectivity index (χ0v) is 13.0. The van der Waals surface area contributed by atoms with Gasteiger partial charge in [-0.05, 0) is 40.0 Å². The van der Waals surface area contributed by atoms with Crippen LogP contribution in [-0.4, -0.2) is 40.8 Å². The van der Waals surface area contributed by atoms with E-state index in [4.69, 9.17) is 4.74 Å². The number of hydrogen-bond acceptors (Lipinski definition) is 3. The fourth-order valence-electron chi connectivity index (χ4n) is 1.75. The molecule has 116 valence electrons. The van der Waals surface area contributed by atoms with E-state index >= 15 is 0 Å². The summed E-state index contributed by atoms with van der Waals surface area (Å²) in [5.41, 5.74) is -0.627. The number of allylic oxidation sites excluding steroid dienone is 1. The first-order valence-corrected chi connectivity index (χ1v) is 6.98. The van der Waals surface area contributed by atoms with Crippen LogP contribution in [0.1, 0.15) is 52.9 Å². The molecule has 0 aromatic heterocycles. The Morgan fingerprint density at radius 1 is 1.30 bits per heavy atom. The molecule has 1 amide bonds. The normalized spacial score (nSPS) is 12.6. The molecule has 0 aliphatic heterocycles. The number of ether oxygens (including phenoxy) is 1. The molecule has 0 aromatic carbocycles. The quantitative estimate of drug-likeness (QED) is 0.548. The number of amides is 1. The summed E-state index contributed by atoms with van der Waals surface area (Å²) in [6.45, 7) is 8.90. The Labute approximate surface area is 121 Å². The van der Waals surface area contributed by atoms with E-state index in [2.05, 4.69) is 6.58 Å². The molecule has 0 spiro atoms. The largest absolute Gasteiger partial charge is 0.480 e. The van der Waals surface area contributed by atoms with Crippen LogP contribution in [0.15, 0.2) is 12.7 Å². The number of unbranched alkanes of at least 4 members (excludes halogenated alkanes) is 3. The van der Waals surface area contributed by atoms with Crippen LogP contribution < -0.4 is 0 Å². The minimum absolute atomic E-state index is 0.433. The van der Waals surface area contributed by atoms with Crippen molar-refractivity contribution in [2.75, 3.05) is 7.05 Å². The molecule has 0 radical (unpaired) electrons. The van der Waals surface area contributed by atoms with Crippen LogP contribution in [0.25, 0.3) is 0 Å². The molecule has 0 aliphatic rings. The Bertz CT molecular complexity index is 333. The first-order valence-electron chi connectivity index (χ1n) is 6.98. The molecule has 5 heteroatoms. The fraction of sp³-hybridized carbons (Fsp3) is 0.733. The van der Waals surface area contributed by atoms with Gasteiger partial charge in [0, 0.05) is 7.05 Å². The third-order valence-corrected chi connectivity index (χ3v) is 2.82. The molecule has 0 aromatic rings. The highest BCUT2D eigenvalue weighted by Gasteiger charge is 2.29. The van der Waals surface area contributed by atoms with Crippen molar-refractivity contribution < 1.29 is 19.4 Å². The number of rotatable bonds is 8. The van der Waals surface area contributed by atoms with Crippen molar-refractivity contribution in [3.63, 3.8) is 0 Å². The summed E-state index contributed by atoms with van der Waals surface area (Å²) in [7, 11) is 1.47. The van der Waals surface area contributed by atoms with Crippen molar-refractivity contribution in [2.24, 2.45) is 0 Å². The lowest BCUT2D eigenvalue weighted by molar-refractivity contribution is -0.143.